The van der Waals surface area contributed by atoms with Crippen molar-refractivity contribution in [3.63, 3.8) is 0 Å². The van der Waals surface area contributed by atoms with Gasteiger partial charge in [0.1, 0.15) is 10.3 Å². The Balaban J connectivity index is 1.87. The Bertz CT molecular complexity index is 660. The van der Waals surface area contributed by atoms with Crippen molar-refractivity contribution in [1.82, 2.24) is 14.5 Å². The van der Waals surface area contributed by atoms with Crippen LogP contribution in [0.4, 0.5) is 0 Å². The fourth-order valence-corrected chi connectivity index (χ4v) is 3.05. The lowest BCUT2D eigenvalue weighted by atomic mass is 10.3. The monoisotopic (exact) mass is 305 g/mol. The Morgan fingerprint density at radius 2 is 2.11 bits per heavy atom. The Labute approximate surface area is 113 Å². The molecule has 2 aliphatic rings. The van der Waals surface area contributed by atoms with E-state index in [1.165, 1.54) is 0 Å². The van der Waals surface area contributed by atoms with Gasteiger partial charge < -0.3 is 9.47 Å². The standard InChI is InChI=1S/C13H12BrN3O/c14-12-4-3-10-9(15-12)7-11-13(18)16(8-1-2-8)5-6-17(10)11/h3-4,7-8H,1-2,5-6H2. The van der Waals surface area contributed by atoms with Gasteiger partial charge in [0.15, 0.2) is 0 Å². The first kappa shape index (κ1) is 10.6. The van der Waals surface area contributed by atoms with Gasteiger partial charge in [-0.15, -0.1) is 0 Å². The molecule has 1 amide bonds. The van der Waals surface area contributed by atoms with E-state index in [1.807, 2.05) is 23.1 Å². The number of pyridine rings is 1. The molecule has 5 heteroatoms. The molecule has 0 aromatic carbocycles. The number of amides is 1. The minimum Gasteiger partial charge on any atom is -0.333 e. The highest BCUT2D eigenvalue weighted by molar-refractivity contribution is 9.10. The largest absolute Gasteiger partial charge is 0.333 e. The highest BCUT2D eigenvalue weighted by Crippen LogP contribution is 2.32. The van der Waals surface area contributed by atoms with Crippen LogP contribution in [0.25, 0.3) is 11.0 Å². The fraction of sp³-hybridized carbons (Fsp3) is 0.385. The van der Waals surface area contributed by atoms with Crippen molar-refractivity contribution in [2.24, 2.45) is 0 Å². The second-order valence-electron chi connectivity index (χ2n) is 4.95. The first-order valence-electron chi connectivity index (χ1n) is 6.21. The van der Waals surface area contributed by atoms with Gasteiger partial charge in [0.2, 0.25) is 0 Å². The number of aromatic nitrogens is 2. The average Bonchev–Trinajstić information content (AvgIpc) is 3.11. The van der Waals surface area contributed by atoms with Crippen molar-refractivity contribution < 1.29 is 4.79 Å². The lowest BCUT2D eigenvalue weighted by Crippen LogP contribution is -2.41. The third-order valence-corrected chi connectivity index (χ3v) is 4.20. The summed E-state index contributed by atoms with van der Waals surface area (Å²) in [6.45, 7) is 1.71. The minimum absolute atomic E-state index is 0.165. The summed E-state index contributed by atoms with van der Waals surface area (Å²) in [7, 11) is 0. The topological polar surface area (TPSA) is 38.1 Å². The van der Waals surface area contributed by atoms with Crippen LogP contribution in [0, 0.1) is 0 Å². The van der Waals surface area contributed by atoms with Crippen LogP contribution in [0.2, 0.25) is 0 Å². The molecule has 0 spiro atoms. The molecule has 0 bridgehead atoms. The van der Waals surface area contributed by atoms with Gasteiger partial charge in [0.25, 0.3) is 5.91 Å². The molecule has 1 saturated carbocycles. The first-order chi connectivity index (χ1) is 8.74. The summed E-state index contributed by atoms with van der Waals surface area (Å²) >= 11 is 3.37. The molecule has 4 nitrogen and oxygen atoms in total. The summed E-state index contributed by atoms with van der Waals surface area (Å²) in [6.07, 6.45) is 2.32. The molecule has 18 heavy (non-hydrogen) atoms. The Morgan fingerprint density at radius 1 is 1.28 bits per heavy atom. The second-order valence-corrected chi connectivity index (χ2v) is 5.76. The van der Waals surface area contributed by atoms with Crippen LogP contribution >= 0.6 is 15.9 Å². The molecular formula is C13H12BrN3O. The molecule has 0 atom stereocenters. The molecule has 92 valence electrons. The van der Waals surface area contributed by atoms with Crippen LogP contribution in [0.15, 0.2) is 22.8 Å². The second kappa shape index (κ2) is 3.57. The van der Waals surface area contributed by atoms with Gasteiger partial charge in [0, 0.05) is 19.1 Å². The number of carbonyl (C=O) groups is 1. The van der Waals surface area contributed by atoms with Crippen LogP contribution < -0.4 is 0 Å². The molecule has 2 aromatic rings. The van der Waals surface area contributed by atoms with E-state index in [1.54, 1.807) is 0 Å². The Kier molecular flexibility index (Phi) is 2.09. The number of carbonyl (C=O) groups excluding carboxylic acids is 1. The van der Waals surface area contributed by atoms with Gasteiger partial charge in [0.05, 0.1) is 11.0 Å². The zero-order valence-corrected chi connectivity index (χ0v) is 11.4. The molecule has 1 fully saturated rings. The van der Waals surface area contributed by atoms with Crippen molar-refractivity contribution in [3.8, 4) is 0 Å². The number of fused-ring (bicyclic) bond motifs is 3. The maximum Gasteiger partial charge on any atom is 0.270 e. The molecule has 1 aliphatic carbocycles. The van der Waals surface area contributed by atoms with Crippen LogP contribution in [0.5, 0.6) is 0 Å². The first-order valence-corrected chi connectivity index (χ1v) is 7.00. The average molecular weight is 306 g/mol. The van der Waals surface area contributed by atoms with Crippen LogP contribution in [-0.4, -0.2) is 32.9 Å². The molecule has 3 heterocycles. The SMILES string of the molecule is O=C1c2cc3nc(Br)ccc3n2CCN1C1CC1. The number of halogens is 1. The summed E-state index contributed by atoms with van der Waals surface area (Å²) in [5.41, 5.74) is 2.73. The van der Waals surface area contributed by atoms with Gasteiger partial charge >= 0.3 is 0 Å². The van der Waals surface area contributed by atoms with Crippen molar-refractivity contribution in [1.29, 1.82) is 0 Å². The third-order valence-electron chi connectivity index (χ3n) is 3.76. The third kappa shape index (κ3) is 1.43. The van der Waals surface area contributed by atoms with E-state index in [4.69, 9.17) is 0 Å². The molecule has 4 rings (SSSR count). The van der Waals surface area contributed by atoms with Gasteiger partial charge in [-0.2, -0.15) is 0 Å². The predicted octanol–water partition coefficient (Wildman–Crippen LogP) is 2.42. The summed E-state index contributed by atoms with van der Waals surface area (Å²) in [5, 5.41) is 0. The summed E-state index contributed by atoms with van der Waals surface area (Å²) in [5.74, 6) is 0.165. The zero-order valence-electron chi connectivity index (χ0n) is 9.77. The molecule has 0 saturated heterocycles. The van der Waals surface area contributed by atoms with Gasteiger partial charge in [-0.3, -0.25) is 4.79 Å². The number of nitrogens with zero attached hydrogens (tertiary/aromatic N) is 3. The summed E-state index contributed by atoms with van der Waals surface area (Å²) < 4.78 is 2.90. The number of rotatable bonds is 1. The van der Waals surface area contributed by atoms with E-state index < -0.39 is 0 Å². The normalized spacial score (nSPS) is 19.4. The highest BCUT2D eigenvalue weighted by atomic mass is 79.9. The van der Waals surface area contributed by atoms with E-state index in [2.05, 4.69) is 25.5 Å². The summed E-state index contributed by atoms with van der Waals surface area (Å²) in [4.78, 5) is 18.9. The van der Waals surface area contributed by atoms with Crippen LogP contribution in [0.1, 0.15) is 23.3 Å². The van der Waals surface area contributed by atoms with E-state index in [9.17, 15) is 4.79 Å². The molecule has 0 unspecified atom stereocenters. The predicted molar refractivity (Wildman–Crippen MR) is 71.5 cm³/mol. The van der Waals surface area contributed by atoms with Crippen molar-refractivity contribution in [2.75, 3.05) is 6.54 Å². The van der Waals surface area contributed by atoms with Crippen LogP contribution in [0.3, 0.4) is 0 Å². The fourth-order valence-electron chi connectivity index (χ4n) is 2.72. The molecule has 2 aromatic heterocycles. The smallest absolute Gasteiger partial charge is 0.270 e. The van der Waals surface area contributed by atoms with E-state index in [0.29, 0.717) is 6.04 Å². The van der Waals surface area contributed by atoms with Crippen molar-refractivity contribution >= 4 is 32.9 Å². The number of hydrogen-bond donors (Lipinski definition) is 0. The maximum absolute atomic E-state index is 12.4. The van der Waals surface area contributed by atoms with Gasteiger partial charge in [-0.1, -0.05) is 0 Å². The van der Waals surface area contributed by atoms with Crippen molar-refractivity contribution in [3.05, 3.63) is 28.5 Å². The molecular weight excluding hydrogens is 294 g/mol. The van der Waals surface area contributed by atoms with E-state index in [0.717, 1.165) is 47.3 Å². The molecule has 1 aliphatic heterocycles. The Hall–Kier alpha value is -1.36. The van der Waals surface area contributed by atoms with E-state index in [-0.39, 0.29) is 5.91 Å². The minimum atomic E-state index is 0.165. The zero-order chi connectivity index (χ0) is 12.3. The maximum atomic E-state index is 12.4. The van der Waals surface area contributed by atoms with Gasteiger partial charge in [-0.05, 0) is 47.0 Å². The molecule has 0 radical (unpaired) electrons. The number of hydrogen-bond acceptors (Lipinski definition) is 2. The Morgan fingerprint density at radius 3 is 2.89 bits per heavy atom. The van der Waals surface area contributed by atoms with Crippen LogP contribution in [-0.2, 0) is 6.54 Å². The lowest BCUT2D eigenvalue weighted by molar-refractivity contribution is 0.0693. The van der Waals surface area contributed by atoms with Crippen molar-refractivity contribution in [2.45, 2.75) is 25.4 Å². The molecule has 0 N–H and O–H groups in total. The highest BCUT2D eigenvalue weighted by Gasteiger charge is 2.36. The lowest BCUT2D eigenvalue weighted by Gasteiger charge is -2.28. The van der Waals surface area contributed by atoms with E-state index >= 15 is 0 Å². The summed E-state index contributed by atoms with van der Waals surface area (Å²) in [6, 6.07) is 6.35. The quantitative estimate of drug-likeness (QED) is 0.759. The van der Waals surface area contributed by atoms with Gasteiger partial charge in [-0.25, -0.2) is 4.98 Å².